The summed E-state index contributed by atoms with van der Waals surface area (Å²) in [6.07, 6.45) is 3.20. The molecule has 0 saturated carbocycles. The summed E-state index contributed by atoms with van der Waals surface area (Å²) in [6, 6.07) is 15.2. The number of carbonyl (C=O) groups excluding carboxylic acids is 3. The van der Waals surface area contributed by atoms with Gasteiger partial charge in [-0.15, -0.1) is 0 Å². The second kappa shape index (κ2) is 10.8. The van der Waals surface area contributed by atoms with Gasteiger partial charge in [-0.2, -0.15) is 0 Å². The van der Waals surface area contributed by atoms with Gasteiger partial charge in [0.05, 0.1) is 21.5 Å². The molecule has 0 spiro atoms. The number of nitrogens with one attached hydrogen (secondary N) is 1. The van der Waals surface area contributed by atoms with Crippen molar-refractivity contribution < 1.29 is 22.8 Å². The van der Waals surface area contributed by atoms with E-state index in [2.05, 4.69) is 10.3 Å². The van der Waals surface area contributed by atoms with Gasteiger partial charge in [0.1, 0.15) is 11.8 Å². The summed E-state index contributed by atoms with van der Waals surface area (Å²) in [5, 5.41) is 7.81. The molecule has 214 valence electrons. The van der Waals surface area contributed by atoms with Crippen molar-refractivity contribution in [3.05, 3.63) is 98.2 Å². The Morgan fingerprint density at radius 3 is 2.38 bits per heavy atom. The number of nitrogens with two attached hydrogens (primary N) is 1. The van der Waals surface area contributed by atoms with Gasteiger partial charge in [-0.3, -0.25) is 28.7 Å². The number of imide groups is 1. The van der Waals surface area contributed by atoms with E-state index in [0.717, 1.165) is 28.0 Å². The zero-order chi connectivity index (χ0) is 29.8. The average Bonchev–Trinajstić information content (AvgIpc) is 3.40. The van der Waals surface area contributed by atoms with Crippen molar-refractivity contribution >= 4 is 73.8 Å². The molecule has 0 bridgehead atoms. The fourth-order valence-corrected chi connectivity index (χ4v) is 8.51. The minimum atomic E-state index is -3.90. The molecule has 42 heavy (non-hydrogen) atoms. The normalized spacial score (nSPS) is 19.9. The van der Waals surface area contributed by atoms with Crippen LogP contribution in [-0.4, -0.2) is 40.9 Å². The second-order valence-corrected chi connectivity index (χ2v) is 13.7. The third-order valence-electron chi connectivity index (χ3n) is 6.95. The minimum absolute atomic E-state index is 0.112. The van der Waals surface area contributed by atoms with Crippen molar-refractivity contribution in [3.63, 3.8) is 0 Å². The Bertz CT molecular complexity index is 1890. The van der Waals surface area contributed by atoms with Gasteiger partial charge in [0, 0.05) is 33.9 Å². The number of sulfonamides is 1. The van der Waals surface area contributed by atoms with Crippen LogP contribution in [0.15, 0.2) is 87.8 Å². The van der Waals surface area contributed by atoms with Gasteiger partial charge in [-0.25, -0.2) is 18.5 Å². The number of thioether (sulfide) groups is 1. The van der Waals surface area contributed by atoms with E-state index in [-0.39, 0.29) is 11.4 Å². The average molecular weight is 642 g/mol. The molecule has 3 amide bonds. The van der Waals surface area contributed by atoms with Crippen LogP contribution < -0.4 is 20.2 Å². The molecule has 2 unspecified atom stereocenters. The lowest BCUT2D eigenvalue weighted by Crippen LogP contribution is -2.33. The van der Waals surface area contributed by atoms with Crippen LogP contribution in [0.3, 0.4) is 0 Å². The largest absolute Gasteiger partial charge is 0.325 e. The van der Waals surface area contributed by atoms with Gasteiger partial charge in [0.25, 0.3) is 0 Å². The van der Waals surface area contributed by atoms with Crippen molar-refractivity contribution in [2.24, 2.45) is 11.1 Å². The lowest BCUT2D eigenvalue weighted by molar-refractivity contribution is -0.122. The summed E-state index contributed by atoms with van der Waals surface area (Å²) in [7, 11) is -3.90. The molecule has 1 fully saturated rings. The van der Waals surface area contributed by atoms with E-state index in [0.29, 0.717) is 31.9 Å². The number of anilines is 2. The molecule has 3 N–H and O–H groups in total. The topological polar surface area (TPSA) is 162 Å². The van der Waals surface area contributed by atoms with E-state index < -0.39 is 49.7 Å². The number of thiazole rings is 1. The van der Waals surface area contributed by atoms with Crippen molar-refractivity contribution in [3.8, 4) is 0 Å². The first-order chi connectivity index (χ1) is 20.0. The van der Waals surface area contributed by atoms with E-state index in [4.69, 9.17) is 16.7 Å². The first-order valence-electron chi connectivity index (χ1n) is 12.4. The van der Waals surface area contributed by atoms with Gasteiger partial charge in [-0.05, 0) is 60.2 Å². The summed E-state index contributed by atoms with van der Waals surface area (Å²) < 4.78 is 24.3. The van der Waals surface area contributed by atoms with Crippen molar-refractivity contribution in [1.29, 1.82) is 0 Å². The lowest BCUT2D eigenvalue weighted by Gasteiger charge is -2.30. The number of rotatable bonds is 6. The van der Waals surface area contributed by atoms with E-state index in [1.54, 1.807) is 48.8 Å². The van der Waals surface area contributed by atoms with Gasteiger partial charge in [0.2, 0.25) is 27.7 Å². The number of fused-ring (bicyclic) bond motifs is 2. The number of benzene rings is 2. The highest BCUT2D eigenvalue weighted by atomic mass is 35.5. The molecular formula is C27H20ClN5O6S3. The number of amides is 3. The highest BCUT2D eigenvalue weighted by Crippen LogP contribution is 2.53. The quantitative estimate of drug-likeness (QED) is 0.304. The minimum Gasteiger partial charge on any atom is -0.325 e. The van der Waals surface area contributed by atoms with E-state index >= 15 is 0 Å². The molecule has 15 heteroatoms. The fourth-order valence-electron chi connectivity index (χ4n) is 5.09. The van der Waals surface area contributed by atoms with Gasteiger partial charge < -0.3 is 5.32 Å². The molecule has 2 aliphatic heterocycles. The Hall–Kier alpha value is -3.82. The van der Waals surface area contributed by atoms with Crippen molar-refractivity contribution in [2.75, 3.05) is 10.2 Å². The summed E-state index contributed by atoms with van der Waals surface area (Å²) in [4.78, 5) is 59.2. The number of nitrogens with zero attached hydrogens (tertiary/aromatic N) is 3. The molecule has 3 atom stereocenters. The summed E-state index contributed by atoms with van der Waals surface area (Å²) in [5.41, 5.74) is 1.37. The molecule has 4 heterocycles. The Balaban J connectivity index is 1.35. The van der Waals surface area contributed by atoms with E-state index in [9.17, 15) is 27.6 Å². The molecule has 4 aromatic rings. The maximum atomic E-state index is 13.8. The van der Waals surface area contributed by atoms with Gasteiger partial charge in [0.15, 0.2) is 0 Å². The third kappa shape index (κ3) is 5.05. The van der Waals surface area contributed by atoms with Crippen LogP contribution >= 0.6 is 34.7 Å². The van der Waals surface area contributed by atoms with Crippen LogP contribution in [0.4, 0.5) is 11.4 Å². The maximum Gasteiger partial charge on any atom is 0.308 e. The number of halogens is 1. The summed E-state index contributed by atoms with van der Waals surface area (Å²) in [6.45, 7) is -0.366. The smallest absolute Gasteiger partial charge is 0.308 e. The van der Waals surface area contributed by atoms with Gasteiger partial charge >= 0.3 is 4.87 Å². The first kappa shape index (κ1) is 28.3. The molecule has 2 aromatic heterocycles. The monoisotopic (exact) mass is 641 g/mol. The molecule has 1 saturated heterocycles. The Morgan fingerprint density at radius 2 is 1.74 bits per heavy atom. The second-order valence-electron chi connectivity index (χ2n) is 9.56. The number of hydrogen-bond acceptors (Lipinski definition) is 9. The van der Waals surface area contributed by atoms with Crippen LogP contribution in [0.25, 0.3) is 0 Å². The molecular weight excluding hydrogens is 622 g/mol. The zero-order valence-electron chi connectivity index (χ0n) is 21.3. The number of carbonyl (C=O) groups is 3. The third-order valence-corrected chi connectivity index (χ3v) is 10.7. The highest BCUT2D eigenvalue weighted by molar-refractivity contribution is 8.00. The summed E-state index contributed by atoms with van der Waals surface area (Å²) in [5.74, 6) is -2.80. The summed E-state index contributed by atoms with van der Waals surface area (Å²) >= 11 is 8.04. The zero-order valence-corrected chi connectivity index (χ0v) is 24.5. The number of hydrogen-bond donors (Lipinski definition) is 2. The number of primary sulfonamides is 1. The standard InChI is InChI=1S/C27H20ClN5O6S3/c28-15-3-7-17(8-4-15)33-24(35)21-20(14-2-1-11-30-12-14)23-26(40-22(21)25(33)36)32(27(37)41-23)13-19(34)31-16-5-9-18(10-6-16)42(29,38)39/h1-12,20-22H,13H2,(H,31,34)(H2,29,38,39)/t20-,21?,22?/m1/s1. The van der Waals surface area contributed by atoms with E-state index in [1.165, 1.54) is 28.8 Å². The molecule has 6 rings (SSSR count). The molecule has 11 nitrogen and oxygen atoms in total. The molecule has 2 aliphatic rings. The van der Waals surface area contributed by atoms with Crippen LogP contribution in [0, 0.1) is 5.92 Å². The number of pyridine rings is 1. The van der Waals surface area contributed by atoms with Crippen molar-refractivity contribution in [2.45, 2.75) is 27.6 Å². The molecule has 0 aliphatic carbocycles. The first-order valence-corrected chi connectivity index (χ1v) is 16.0. The van der Waals surface area contributed by atoms with Gasteiger partial charge in [-0.1, -0.05) is 40.8 Å². The Morgan fingerprint density at radius 1 is 1.02 bits per heavy atom. The maximum absolute atomic E-state index is 13.8. The highest BCUT2D eigenvalue weighted by Gasteiger charge is 2.56. The predicted molar refractivity (Wildman–Crippen MR) is 158 cm³/mol. The van der Waals surface area contributed by atoms with Crippen LogP contribution in [0.2, 0.25) is 5.02 Å². The Labute approximate surface area is 252 Å². The van der Waals surface area contributed by atoms with Crippen molar-refractivity contribution in [1.82, 2.24) is 9.55 Å². The molecule has 0 radical (unpaired) electrons. The van der Waals surface area contributed by atoms with E-state index in [1.807, 2.05) is 0 Å². The molecule has 2 aromatic carbocycles. The predicted octanol–water partition coefficient (Wildman–Crippen LogP) is 3.04. The Kier molecular flexibility index (Phi) is 7.27. The number of aromatic nitrogens is 2. The van der Waals surface area contributed by atoms with Crippen LogP contribution in [-0.2, 0) is 31.0 Å². The lowest BCUT2D eigenvalue weighted by atomic mass is 9.84. The van der Waals surface area contributed by atoms with Crippen LogP contribution in [0.1, 0.15) is 16.4 Å². The van der Waals surface area contributed by atoms with Crippen LogP contribution in [0.5, 0.6) is 0 Å². The SMILES string of the molecule is NS(=O)(=O)c1ccc(NC(=O)Cn2c3c(sc2=O)[C@H](c2cccnc2)C2C(=O)N(c4ccc(Cl)cc4)C(=O)C2S3)cc1. The fraction of sp³-hybridized carbons (Fsp3) is 0.148.